The molecule has 0 unspecified atom stereocenters. The molecule has 102 valence electrons. The van der Waals surface area contributed by atoms with Crippen LogP contribution in [-0.2, 0) is 6.42 Å². The van der Waals surface area contributed by atoms with Crippen molar-refractivity contribution in [2.75, 3.05) is 5.73 Å². The molecule has 0 spiro atoms. The minimum Gasteiger partial charge on any atom is -0.383 e. The second-order valence-electron chi connectivity index (χ2n) is 4.38. The fraction of sp³-hybridized carbons (Fsp3) is 0.143. The molecule has 3 nitrogen and oxygen atoms in total. The van der Waals surface area contributed by atoms with Gasteiger partial charge in [-0.2, -0.15) is 0 Å². The van der Waals surface area contributed by atoms with Crippen LogP contribution < -0.4 is 5.73 Å². The maximum Gasteiger partial charge on any atom is 0.163 e. The van der Waals surface area contributed by atoms with Gasteiger partial charge in [0.25, 0.3) is 0 Å². The number of benzene rings is 1. The highest BCUT2D eigenvalue weighted by atomic mass is 32.1. The van der Waals surface area contributed by atoms with E-state index >= 15 is 0 Å². The Labute approximate surface area is 118 Å². The van der Waals surface area contributed by atoms with E-state index in [0.29, 0.717) is 5.82 Å². The zero-order valence-corrected chi connectivity index (χ0v) is 11.5. The molecule has 0 aliphatic rings. The van der Waals surface area contributed by atoms with Crippen LogP contribution in [0.25, 0.3) is 21.6 Å². The van der Waals surface area contributed by atoms with E-state index in [1.807, 2.05) is 13.0 Å². The summed E-state index contributed by atoms with van der Waals surface area (Å²) in [7, 11) is 0. The lowest BCUT2D eigenvalue weighted by Crippen LogP contribution is -1.96. The molecule has 0 aliphatic heterocycles. The summed E-state index contributed by atoms with van der Waals surface area (Å²) in [6.45, 7) is 2.04. The van der Waals surface area contributed by atoms with Crippen molar-refractivity contribution in [2.45, 2.75) is 13.3 Å². The summed E-state index contributed by atoms with van der Waals surface area (Å²) in [5.74, 6) is -0.770. The molecule has 20 heavy (non-hydrogen) atoms. The monoisotopic (exact) mass is 291 g/mol. The number of aryl methyl sites for hydroxylation is 1. The van der Waals surface area contributed by atoms with Gasteiger partial charge in [0.2, 0.25) is 0 Å². The van der Waals surface area contributed by atoms with Crippen LogP contribution in [0, 0.1) is 11.6 Å². The number of hydrogen-bond acceptors (Lipinski definition) is 4. The van der Waals surface area contributed by atoms with Crippen LogP contribution in [0.5, 0.6) is 0 Å². The number of nitrogens with zero attached hydrogens (tertiary/aromatic N) is 2. The average Bonchev–Trinajstić information content (AvgIpc) is 2.81. The number of nitrogens with two attached hydrogens (primary N) is 1. The van der Waals surface area contributed by atoms with Crippen molar-refractivity contribution in [3.63, 3.8) is 0 Å². The van der Waals surface area contributed by atoms with Gasteiger partial charge in [0.1, 0.15) is 22.3 Å². The summed E-state index contributed by atoms with van der Waals surface area (Å²) < 4.78 is 26.5. The van der Waals surface area contributed by atoms with E-state index in [9.17, 15) is 8.78 Å². The lowest BCUT2D eigenvalue weighted by Gasteiger charge is -2.03. The fourth-order valence-corrected chi connectivity index (χ4v) is 2.95. The Morgan fingerprint density at radius 2 is 1.80 bits per heavy atom. The van der Waals surface area contributed by atoms with E-state index in [1.165, 1.54) is 23.5 Å². The van der Waals surface area contributed by atoms with E-state index in [-0.39, 0.29) is 11.4 Å². The summed E-state index contributed by atoms with van der Waals surface area (Å²) in [5.41, 5.74) is 6.19. The van der Waals surface area contributed by atoms with Crippen LogP contribution in [0.4, 0.5) is 14.6 Å². The first-order valence-electron chi connectivity index (χ1n) is 6.09. The minimum absolute atomic E-state index is 0.234. The number of halogens is 2. The van der Waals surface area contributed by atoms with Crippen LogP contribution in [0.2, 0.25) is 0 Å². The third kappa shape index (κ3) is 2.22. The zero-order chi connectivity index (χ0) is 14.3. The molecule has 0 saturated carbocycles. The Bertz CT molecular complexity index is 778. The molecule has 3 aromatic rings. The average molecular weight is 291 g/mol. The molecule has 0 radical (unpaired) electrons. The second-order valence-corrected chi connectivity index (χ2v) is 5.49. The topological polar surface area (TPSA) is 51.8 Å². The number of fused-ring (bicyclic) bond motifs is 1. The summed E-state index contributed by atoms with van der Waals surface area (Å²) in [5, 5.41) is 0.785. The molecule has 2 N–H and O–H groups in total. The second kappa shape index (κ2) is 4.79. The highest BCUT2D eigenvalue weighted by Gasteiger charge is 2.12. The molecule has 1 aromatic carbocycles. The first-order chi connectivity index (χ1) is 9.56. The van der Waals surface area contributed by atoms with Gasteiger partial charge in [0, 0.05) is 16.5 Å². The Morgan fingerprint density at radius 1 is 1.10 bits per heavy atom. The smallest absolute Gasteiger partial charge is 0.163 e. The van der Waals surface area contributed by atoms with E-state index in [4.69, 9.17) is 5.73 Å². The van der Waals surface area contributed by atoms with Gasteiger partial charge < -0.3 is 5.73 Å². The Balaban J connectivity index is 2.21. The molecule has 2 aromatic heterocycles. The van der Waals surface area contributed by atoms with Crippen molar-refractivity contribution in [2.24, 2.45) is 0 Å². The SMILES string of the molecule is CCc1cc2c(N)nc(-c3cc(F)cc(F)c3)nc2s1. The molecular weight excluding hydrogens is 280 g/mol. The van der Waals surface area contributed by atoms with Crippen LogP contribution in [-0.4, -0.2) is 9.97 Å². The highest BCUT2D eigenvalue weighted by molar-refractivity contribution is 7.18. The third-order valence-corrected chi connectivity index (χ3v) is 4.12. The first-order valence-corrected chi connectivity index (χ1v) is 6.91. The van der Waals surface area contributed by atoms with Gasteiger partial charge >= 0.3 is 0 Å². The summed E-state index contributed by atoms with van der Waals surface area (Å²) in [4.78, 5) is 10.4. The van der Waals surface area contributed by atoms with Gasteiger partial charge in [-0.05, 0) is 24.6 Å². The molecule has 0 aliphatic carbocycles. The van der Waals surface area contributed by atoms with E-state index in [0.717, 1.165) is 27.6 Å². The summed E-state index contributed by atoms with van der Waals surface area (Å²) in [6, 6.07) is 5.15. The molecule has 6 heteroatoms. The highest BCUT2D eigenvalue weighted by Crippen LogP contribution is 2.30. The maximum atomic E-state index is 13.3. The fourth-order valence-electron chi connectivity index (χ4n) is 1.98. The predicted molar refractivity (Wildman–Crippen MR) is 76.6 cm³/mol. The standard InChI is InChI=1S/C14H11F2N3S/c1-2-10-6-11-12(17)18-13(19-14(11)20-10)7-3-8(15)5-9(16)4-7/h3-6H,2H2,1H3,(H2,17,18,19). The molecule has 0 saturated heterocycles. The van der Waals surface area contributed by atoms with Crippen molar-refractivity contribution < 1.29 is 8.78 Å². The van der Waals surface area contributed by atoms with Gasteiger partial charge in [0.05, 0.1) is 5.39 Å². The molecule has 0 bridgehead atoms. The maximum absolute atomic E-state index is 13.3. The minimum atomic E-state index is -0.664. The molecule has 2 heterocycles. The van der Waals surface area contributed by atoms with Gasteiger partial charge in [-0.15, -0.1) is 11.3 Å². The number of hydrogen-bond donors (Lipinski definition) is 1. The zero-order valence-electron chi connectivity index (χ0n) is 10.7. The predicted octanol–water partition coefficient (Wildman–Crippen LogP) is 3.78. The normalized spacial score (nSPS) is 11.2. The number of thiophene rings is 1. The number of aromatic nitrogens is 2. The molecule has 3 rings (SSSR count). The number of rotatable bonds is 2. The van der Waals surface area contributed by atoms with Gasteiger partial charge in [0.15, 0.2) is 5.82 Å². The van der Waals surface area contributed by atoms with Gasteiger partial charge in [-0.3, -0.25) is 0 Å². The van der Waals surface area contributed by atoms with Gasteiger partial charge in [-0.25, -0.2) is 18.7 Å². The summed E-state index contributed by atoms with van der Waals surface area (Å²) >= 11 is 1.51. The molecule has 0 fully saturated rings. The quantitative estimate of drug-likeness (QED) is 0.781. The van der Waals surface area contributed by atoms with Crippen molar-refractivity contribution in [3.8, 4) is 11.4 Å². The van der Waals surface area contributed by atoms with E-state index < -0.39 is 11.6 Å². The van der Waals surface area contributed by atoms with Gasteiger partial charge in [-0.1, -0.05) is 6.92 Å². The molecule has 0 atom stereocenters. The van der Waals surface area contributed by atoms with Crippen LogP contribution in [0.1, 0.15) is 11.8 Å². The van der Waals surface area contributed by atoms with Crippen molar-refractivity contribution in [1.82, 2.24) is 9.97 Å². The van der Waals surface area contributed by atoms with Crippen LogP contribution >= 0.6 is 11.3 Å². The summed E-state index contributed by atoms with van der Waals surface area (Å²) in [6.07, 6.45) is 0.879. The van der Waals surface area contributed by atoms with Crippen molar-refractivity contribution in [3.05, 3.63) is 40.8 Å². The number of anilines is 1. The van der Waals surface area contributed by atoms with Crippen LogP contribution in [0.3, 0.4) is 0 Å². The van der Waals surface area contributed by atoms with E-state index in [1.54, 1.807) is 0 Å². The first kappa shape index (κ1) is 12.9. The number of nitrogen functional groups attached to an aromatic ring is 1. The molecular formula is C14H11F2N3S. The van der Waals surface area contributed by atoms with Crippen molar-refractivity contribution >= 4 is 27.4 Å². The Morgan fingerprint density at radius 3 is 2.45 bits per heavy atom. The lowest BCUT2D eigenvalue weighted by molar-refractivity contribution is 0.584. The lowest BCUT2D eigenvalue weighted by atomic mass is 10.2. The van der Waals surface area contributed by atoms with E-state index in [2.05, 4.69) is 9.97 Å². The Hall–Kier alpha value is -2.08. The van der Waals surface area contributed by atoms with Crippen LogP contribution in [0.15, 0.2) is 24.3 Å². The largest absolute Gasteiger partial charge is 0.383 e. The molecule has 0 amide bonds. The van der Waals surface area contributed by atoms with Crippen molar-refractivity contribution in [1.29, 1.82) is 0 Å². The third-order valence-electron chi connectivity index (χ3n) is 2.94. The Kier molecular flexibility index (Phi) is 3.10.